The zero-order valence-electron chi connectivity index (χ0n) is 13.2. The third-order valence-corrected chi connectivity index (χ3v) is 4.05. The molecule has 0 unspecified atom stereocenters. The van der Waals surface area contributed by atoms with E-state index in [1.807, 2.05) is 6.07 Å². The van der Waals surface area contributed by atoms with E-state index in [-0.39, 0.29) is 23.7 Å². The quantitative estimate of drug-likeness (QED) is 0.837. The van der Waals surface area contributed by atoms with Crippen molar-refractivity contribution in [2.75, 3.05) is 10.6 Å². The van der Waals surface area contributed by atoms with E-state index in [2.05, 4.69) is 10.6 Å². The predicted molar refractivity (Wildman–Crippen MR) is 88.0 cm³/mol. The number of benzene rings is 1. The van der Waals surface area contributed by atoms with E-state index >= 15 is 0 Å². The van der Waals surface area contributed by atoms with Crippen LogP contribution in [0.15, 0.2) is 39.9 Å². The average molecular weight is 328 g/mol. The maximum Gasteiger partial charge on any atom is 0.332 e. The van der Waals surface area contributed by atoms with Crippen molar-refractivity contribution in [1.29, 1.82) is 0 Å². The highest BCUT2D eigenvalue weighted by atomic mass is 16.2. The van der Waals surface area contributed by atoms with Crippen molar-refractivity contribution >= 4 is 23.3 Å². The first-order valence-electron chi connectivity index (χ1n) is 7.36. The topological polar surface area (TPSA) is 102 Å². The lowest BCUT2D eigenvalue weighted by atomic mass is 9.99. The van der Waals surface area contributed by atoms with E-state index in [4.69, 9.17) is 0 Å². The molecule has 124 valence electrons. The lowest BCUT2D eigenvalue weighted by Crippen LogP contribution is -2.39. The summed E-state index contributed by atoms with van der Waals surface area (Å²) in [4.78, 5) is 48.7. The summed E-state index contributed by atoms with van der Waals surface area (Å²) in [5.41, 5.74) is -0.347. The van der Waals surface area contributed by atoms with Crippen LogP contribution in [0.1, 0.15) is 17.9 Å². The summed E-state index contributed by atoms with van der Waals surface area (Å²) in [6, 6.07) is 8.82. The fourth-order valence-electron chi connectivity index (χ4n) is 2.78. The van der Waals surface area contributed by atoms with Gasteiger partial charge in [-0.15, -0.1) is 0 Å². The Morgan fingerprint density at radius 3 is 2.46 bits per heavy atom. The lowest BCUT2D eigenvalue weighted by Gasteiger charge is -2.11. The molecule has 0 spiro atoms. The molecule has 8 nitrogen and oxygen atoms in total. The van der Waals surface area contributed by atoms with Crippen LogP contribution in [-0.2, 0) is 23.7 Å². The van der Waals surface area contributed by atoms with Gasteiger partial charge in [0.25, 0.3) is 5.56 Å². The molecule has 2 aromatic rings. The maximum absolute atomic E-state index is 12.4. The van der Waals surface area contributed by atoms with Gasteiger partial charge in [-0.2, -0.15) is 0 Å². The van der Waals surface area contributed by atoms with Crippen LogP contribution in [-0.4, -0.2) is 20.9 Å². The summed E-state index contributed by atoms with van der Waals surface area (Å²) >= 11 is 0. The molecule has 0 radical (unpaired) electrons. The molecule has 1 aliphatic heterocycles. The highest BCUT2D eigenvalue weighted by Crippen LogP contribution is 2.30. The Hall–Kier alpha value is -3.16. The molecule has 8 heteroatoms. The Kier molecular flexibility index (Phi) is 3.80. The number of hydrogen-bond acceptors (Lipinski definition) is 4. The van der Waals surface area contributed by atoms with Gasteiger partial charge in [0.1, 0.15) is 5.82 Å². The number of nitrogens with zero attached hydrogens (tertiary/aromatic N) is 2. The highest BCUT2D eigenvalue weighted by molar-refractivity contribution is 6.05. The molecule has 0 bridgehead atoms. The van der Waals surface area contributed by atoms with Crippen molar-refractivity contribution in [2.24, 2.45) is 14.1 Å². The first kappa shape index (κ1) is 15.7. The Labute approximate surface area is 136 Å². The molecule has 0 saturated carbocycles. The van der Waals surface area contributed by atoms with Crippen LogP contribution in [0, 0.1) is 0 Å². The minimum absolute atomic E-state index is 0.146. The first-order chi connectivity index (χ1) is 11.4. The normalized spacial score (nSPS) is 15.8. The van der Waals surface area contributed by atoms with E-state index in [0.29, 0.717) is 5.69 Å². The molecule has 1 atom stereocenters. The van der Waals surface area contributed by atoms with Gasteiger partial charge in [-0.05, 0) is 12.1 Å². The molecular weight excluding hydrogens is 312 g/mol. The minimum Gasteiger partial charge on any atom is -0.326 e. The fourth-order valence-corrected chi connectivity index (χ4v) is 2.78. The van der Waals surface area contributed by atoms with E-state index in [0.717, 1.165) is 4.57 Å². The Morgan fingerprint density at radius 1 is 1.12 bits per heavy atom. The van der Waals surface area contributed by atoms with Gasteiger partial charge < -0.3 is 10.6 Å². The van der Waals surface area contributed by atoms with Gasteiger partial charge in [0.15, 0.2) is 0 Å². The zero-order chi connectivity index (χ0) is 17.4. The van der Waals surface area contributed by atoms with Gasteiger partial charge in [0.05, 0.1) is 11.5 Å². The van der Waals surface area contributed by atoms with Crippen molar-refractivity contribution in [2.45, 2.75) is 12.3 Å². The predicted octanol–water partition coefficient (Wildman–Crippen LogP) is 0.148. The van der Waals surface area contributed by atoms with Crippen molar-refractivity contribution < 1.29 is 9.59 Å². The van der Waals surface area contributed by atoms with E-state index in [9.17, 15) is 19.2 Å². The molecule has 24 heavy (non-hydrogen) atoms. The summed E-state index contributed by atoms with van der Waals surface area (Å²) in [5, 5.41) is 5.21. The molecule has 0 saturated heterocycles. The van der Waals surface area contributed by atoms with Crippen LogP contribution in [0.4, 0.5) is 11.5 Å². The van der Waals surface area contributed by atoms with Gasteiger partial charge in [0.2, 0.25) is 11.8 Å². The molecule has 2 heterocycles. The molecular formula is C16H16N4O4. The number of para-hydroxylation sites is 1. The van der Waals surface area contributed by atoms with Crippen LogP contribution in [0.25, 0.3) is 0 Å². The second kappa shape index (κ2) is 5.80. The van der Waals surface area contributed by atoms with Crippen LogP contribution >= 0.6 is 0 Å². The molecule has 0 aliphatic carbocycles. The zero-order valence-corrected chi connectivity index (χ0v) is 13.2. The Balaban J connectivity index is 1.92. The molecule has 1 aromatic carbocycles. The highest BCUT2D eigenvalue weighted by Gasteiger charge is 2.37. The summed E-state index contributed by atoms with van der Waals surface area (Å²) in [6.07, 6.45) is -0.179. The number of anilines is 2. The van der Waals surface area contributed by atoms with Gasteiger partial charge >= 0.3 is 5.69 Å². The monoisotopic (exact) mass is 328 g/mol. The SMILES string of the molecule is Cn1c2c(c(=O)n(C)c1=O)[C@H](CC(=O)Nc1ccccc1)C(=O)N2. The molecule has 1 aliphatic rings. The number of nitrogens with one attached hydrogen (secondary N) is 2. The van der Waals surface area contributed by atoms with E-state index in [1.54, 1.807) is 24.3 Å². The fraction of sp³-hybridized carbons (Fsp3) is 0.250. The third-order valence-electron chi connectivity index (χ3n) is 4.05. The molecule has 2 amide bonds. The van der Waals surface area contributed by atoms with E-state index < -0.39 is 23.1 Å². The Bertz CT molecular complexity index is 943. The van der Waals surface area contributed by atoms with Crippen molar-refractivity contribution in [3.8, 4) is 0 Å². The van der Waals surface area contributed by atoms with Crippen molar-refractivity contribution in [3.63, 3.8) is 0 Å². The maximum atomic E-state index is 12.4. The second-order valence-corrected chi connectivity index (χ2v) is 5.63. The van der Waals surface area contributed by atoms with Crippen LogP contribution in [0.5, 0.6) is 0 Å². The van der Waals surface area contributed by atoms with Crippen molar-refractivity contribution in [3.05, 3.63) is 56.7 Å². The minimum atomic E-state index is -0.922. The lowest BCUT2D eigenvalue weighted by molar-refractivity contribution is -0.122. The summed E-state index contributed by atoms with van der Waals surface area (Å²) in [7, 11) is 2.81. The number of rotatable bonds is 3. The standard InChI is InChI=1S/C16H16N4O4/c1-19-13-12(15(23)20(2)16(19)24)10(14(22)18-13)8-11(21)17-9-6-4-3-5-7-9/h3-7,10H,8H2,1-2H3,(H,17,21)(H,18,22)/t10-/m0/s1. The van der Waals surface area contributed by atoms with Gasteiger partial charge in [-0.1, -0.05) is 18.2 Å². The first-order valence-corrected chi connectivity index (χ1v) is 7.36. The third kappa shape index (κ3) is 2.51. The largest absolute Gasteiger partial charge is 0.332 e. The van der Waals surface area contributed by atoms with Crippen LogP contribution in [0.3, 0.4) is 0 Å². The number of aromatic nitrogens is 2. The summed E-state index contributed by atoms with van der Waals surface area (Å²) in [5.74, 6) is -1.61. The number of fused-ring (bicyclic) bond motifs is 1. The van der Waals surface area contributed by atoms with Gasteiger partial charge in [-0.25, -0.2) is 4.79 Å². The number of carbonyl (C=O) groups is 2. The Morgan fingerprint density at radius 2 is 1.79 bits per heavy atom. The number of amides is 2. The smallest absolute Gasteiger partial charge is 0.326 e. The summed E-state index contributed by atoms with van der Waals surface area (Å²) < 4.78 is 2.13. The van der Waals surface area contributed by atoms with Gasteiger partial charge in [0, 0.05) is 26.2 Å². The number of hydrogen-bond donors (Lipinski definition) is 2. The van der Waals surface area contributed by atoms with Crippen LogP contribution < -0.4 is 21.9 Å². The summed E-state index contributed by atoms with van der Waals surface area (Å²) in [6.45, 7) is 0. The van der Waals surface area contributed by atoms with Gasteiger partial charge in [-0.3, -0.25) is 23.5 Å². The second-order valence-electron chi connectivity index (χ2n) is 5.63. The molecule has 2 N–H and O–H groups in total. The van der Waals surface area contributed by atoms with E-state index in [1.165, 1.54) is 18.7 Å². The molecule has 1 aromatic heterocycles. The molecule has 3 rings (SSSR count). The van der Waals surface area contributed by atoms with Crippen LogP contribution in [0.2, 0.25) is 0 Å². The average Bonchev–Trinajstić information content (AvgIpc) is 2.88. The molecule has 0 fully saturated rings. The van der Waals surface area contributed by atoms with Crippen molar-refractivity contribution in [1.82, 2.24) is 9.13 Å². The number of carbonyl (C=O) groups excluding carboxylic acids is 2.